The summed E-state index contributed by atoms with van der Waals surface area (Å²) < 4.78 is 18.3. The highest BCUT2D eigenvalue weighted by Gasteiger charge is 2.06. The van der Waals surface area contributed by atoms with Crippen molar-refractivity contribution in [3.05, 3.63) is 58.0 Å². The lowest BCUT2D eigenvalue weighted by molar-refractivity contribution is -0.145. The first-order valence-electron chi connectivity index (χ1n) is 6.17. The number of hydrogen-bond acceptors (Lipinski definition) is 3. The monoisotopic (exact) mass is 278 g/mol. The van der Waals surface area contributed by atoms with Gasteiger partial charge in [-0.1, -0.05) is 24.3 Å². The van der Waals surface area contributed by atoms with Gasteiger partial charge >= 0.3 is 5.97 Å². The highest BCUT2D eigenvalue weighted by atomic mass is 32.1. The van der Waals surface area contributed by atoms with Crippen LogP contribution in [0.5, 0.6) is 0 Å². The number of esters is 1. The van der Waals surface area contributed by atoms with E-state index in [1.54, 1.807) is 29.5 Å². The second-order valence-corrected chi connectivity index (χ2v) is 5.22. The van der Waals surface area contributed by atoms with Crippen LogP contribution >= 0.6 is 11.3 Å². The van der Waals surface area contributed by atoms with Crippen LogP contribution in [0, 0.1) is 5.82 Å². The fraction of sp³-hybridized carbons (Fsp3) is 0.267. The summed E-state index contributed by atoms with van der Waals surface area (Å²) in [5.41, 5.74) is 0.411. The SMILES string of the molecule is O=C(CCCc1cccs1)OCc1ccccc1F. The summed E-state index contributed by atoms with van der Waals surface area (Å²) in [6.45, 7) is 0.00447. The van der Waals surface area contributed by atoms with E-state index in [9.17, 15) is 9.18 Å². The Balaban J connectivity index is 1.69. The van der Waals surface area contributed by atoms with Gasteiger partial charge in [0, 0.05) is 16.9 Å². The van der Waals surface area contributed by atoms with E-state index in [0.717, 1.165) is 12.8 Å². The molecule has 0 bridgehead atoms. The molecule has 0 aliphatic heterocycles. The molecule has 0 aliphatic carbocycles. The van der Waals surface area contributed by atoms with Crippen molar-refractivity contribution in [2.45, 2.75) is 25.9 Å². The highest BCUT2D eigenvalue weighted by Crippen LogP contribution is 2.13. The van der Waals surface area contributed by atoms with Crippen LogP contribution in [0.3, 0.4) is 0 Å². The quantitative estimate of drug-likeness (QED) is 0.748. The third kappa shape index (κ3) is 4.48. The van der Waals surface area contributed by atoms with Gasteiger partial charge in [-0.05, 0) is 30.4 Å². The first-order chi connectivity index (χ1) is 9.25. The predicted octanol–water partition coefficient (Wildman–Crippen LogP) is 3.95. The lowest BCUT2D eigenvalue weighted by Crippen LogP contribution is -2.05. The Morgan fingerprint density at radius 3 is 2.79 bits per heavy atom. The number of hydrogen-bond donors (Lipinski definition) is 0. The maximum absolute atomic E-state index is 13.3. The zero-order valence-corrected chi connectivity index (χ0v) is 11.3. The third-order valence-electron chi connectivity index (χ3n) is 2.73. The molecular formula is C15H15FO2S. The molecule has 0 atom stereocenters. The Labute approximate surface area is 115 Å². The van der Waals surface area contributed by atoms with Crippen molar-refractivity contribution in [2.75, 3.05) is 0 Å². The molecule has 0 aliphatic rings. The molecular weight excluding hydrogens is 263 g/mol. The van der Waals surface area contributed by atoms with E-state index < -0.39 is 0 Å². The van der Waals surface area contributed by atoms with Gasteiger partial charge in [-0.25, -0.2) is 4.39 Å². The minimum Gasteiger partial charge on any atom is -0.461 e. The lowest BCUT2D eigenvalue weighted by Gasteiger charge is -2.05. The van der Waals surface area contributed by atoms with E-state index >= 15 is 0 Å². The van der Waals surface area contributed by atoms with Gasteiger partial charge in [0.15, 0.2) is 0 Å². The minimum atomic E-state index is -0.339. The van der Waals surface area contributed by atoms with Crippen LogP contribution in [0.25, 0.3) is 0 Å². The third-order valence-corrected chi connectivity index (χ3v) is 3.67. The van der Waals surface area contributed by atoms with Crippen LogP contribution in [0.1, 0.15) is 23.3 Å². The molecule has 2 nitrogen and oxygen atoms in total. The van der Waals surface area contributed by atoms with E-state index in [1.807, 2.05) is 11.4 Å². The van der Waals surface area contributed by atoms with Gasteiger partial charge in [0.1, 0.15) is 12.4 Å². The van der Waals surface area contributed by atoms with Gasteiger partial charge in [0.05, 0.1) is 0 Å². The van der Waals surface area contributed by atoms with Crippen LogP contribution in [-0.4, -0.2) is 5.97 Å². The molecule has 100 valence electrons. The fourth-order valence-electron chi connectivity index (χ4n) is 1.71. The maximum atomic E-state index is 13.3. The Bertz CT molecular complexity index is 523. The summed E-state index contributed by atoms with van der Waals surface area (Å²) in [6, 6.07) is 10.4. The molecule has 0 amide bonds. The first-order valence-corrected chi connectivity index (χ1v) is 7.05. The molecule has 1 heterocycles. The van der Waals surface area contributed by atoms with Gasteiger partial charge in [-0.3, -0.25) is 4.79 Å². The van der Waals surface area contributed by atoms with Gasteiger partial charge in [0.25, 0.3) is 0 Å². The molecule has 1 aromatic heterocycles. The molecule has 0 unspecified atom stereocenters. The number of carbonyl (C=O) groups excluding carboxylic acids is 1. The minimum absolute atomic E-state index is 0.00447. The van der Waals surface area contributed by atoms with Crippen LogP contribution in [0.4, 0.5) is 4.39 Å². The second-order valence-electron chi connectivity index (χ2n) is 4.19. The highest BCUT2D eigenvalue weighted by molar-refractivity contribution is 7.09. The van der Waals surface area contributed by atoms with Crippen molar-refractivity contribution in [3.8, 4) is 0 Å². The van der Waals surface area contributed by atoms with Crippen LogP contribution < -0.4 is 0 Å². The van der Waals surface area contributed by atoms with Crippen molar-refractivity contribution in [3.63, 3.8) is 0 Å². The first kappa shape index (κ1) is 13.7. The van der Waals surface area contributed by atoms with E-state index in [2.05, 4.69) is 6.07 Å². The van der Waals surface area contributed by atoms with Crippen molar-refractivity contribution in [2.24, 2.45) is 0 Å². The molecule has 1 aromatic carbocycles. The zero-order chi connectivity index (χ0) is 13.5. The summed E-state index contributed by atoms with van der Waals surface area (Å²) in [6.07, 6.45) is 2.01. The number of halogens is 1. The molecule has 0 fully saturated rings. The zero-order valence-electron chi connectivity index (χ0n) is 10.5. The summed E-state index contributed by atoms with van der Waals surface area (Å²) in [4.78, 5) is 12.8. The van der Waals surface area contributed by atoms with Gasteiger partial charge in [-0.2, -0.15) is 0 Å². The average molecular weight is 278 g/mol. The number of thiophene rings is 1. The molecule has 2 aromatic rings. The van der Waals surface area contributed by atoms with Crippen molar-refractivity contribution >= 4 is 17.3 Å². The number of carbonyl (C=O) groups is 1. The van der Waals surface area contributed by atoms with Crippen molar-refractivity contribution in [1.29, 1.82) is 0 Å². The largest absolute Gasteiger partial charge is 0.461 e. The number of rotatable bonds is 6. The van der Waals surface area contributed by atoms with E-state index in [1.165, 1.54) is 10.9 Å². The molecule has 4 heteroatoms. The van der Waals surface area contributed by atoms with Crippen LogP contribution in [0.15, 0.2) is 41.8 Å². The Morgan fingerprint density at radius 1 is 1.21 bits per heavy atom. The summed E-state index contributed by atoms with van der Waals surface area (Å²) in [5.74, 6) is -0.617. The van der Waals surface area contributed by atoms with E-state index in [0.29, 0.717) is 12.0 Å². The topological polar surface area (TPSA) is 26.3 Å². The molecule has 0 saturated carbocycles. The van der Waals surface area contributed by atoms with E-state index in [-0.39, 0.29) is 18.4 Å². The maximum Gasteiger partial charge on any atom is 0.306 e. The number of aryl methyl sites for hydroxylation is 1. The molecule has 0 saturated heterocycles. The van der Waals surface area contributed by atoms with E-state index in [4.69, 9.17) is 4.74 Å². The van der Waals surface area contributed by atoms with Gasteiger partial charge in [0.2, 0.25) is 0 Å². The van der Waals surface area contributed by atoms with Crippen LogP contribution in [0.2, 0.25) is 0 Å². The summed E-state index contributed by atoms with van der Waals surface area (Å²) in [7, 11) is 0. The normalized spacial score (nSPS) is 10.4. The lowest BCUT2D eigenvalue weighted by atomic mass is 10.2. The smallest absolute Gasteiger partial charge is 0.306 e. The summed E-state index contributed by atoms with van der Waals surface area (Å²) in [5, 5.41) is 2.02. The molecule has 0 radical (unpaired) electrons. The number of benzene rings is 1. The van der Waals surface area contributed by atoms with Gasteiger partial charge < -0.3 is 4.74 Å². The Morgan fingerprint density at radius 2 is 2.05 bits per heavy atom. The van der Waals surface area contributed by atoms with Crippen molar-refractivity contribution < 1.29 is 13.9 Å². The summed E-state index contributed by atoms with van der Waals surface area (Å²) >= 11 is 1.69. The second kappa shape index (κ2) is 7.04. The molecule has 2 rings (SSSR count). The van der Waals surface area contributed by atoms with Gasteiger partial charge in [-0.15, -0.1) is 11.3 Å². The Hall–Kier alpha value is -1.68. The van der Waals surface area contributed by atoms with Crippen LogP contribution in [-0.2, 0) is 22.6 Å². The predicted molar refractivity (Wildman–Crippen MR) is 73.5 cm³/mol. The average Bonchev–Trinajstić information content (AvgIpc) is 2.91. The molecule has 19 heavy (non-hydrogen) atoms. The molecule has 0 N–H and O–H groups in total. The standard InChI is InChI=1S/C15H15FO2S/c16-14-8-2-1-5-12(14)11-18-15(17)9-3-6-13-7-4-10-19-13/h1-2,4-5,7-8,10H,3,6,9,11H2. The Kier molecular flexibility index (Phi) is 5.10. The number of ether oxygens (including phenoxy) is 1. The van der Waals surface area contributed by atoms with Crippen molar-refractivity contribution in [1.82, 2.24) is 0 Å². The fourth-order valence-corrected chi connectivity index (χ4v) is 2.46. The molecule has 0 spiro atoms.